The van der Waals surface area contributed by atoms with Crippen LogP contribution < -0.4 is 5.32 Å². The fraction of sp³-hybridized carbons (Fsp3) is 0.619. The van der Waals surface area contributed by atoms with Crippen molar-refractivity contribution in [1.82, 2.24) is 10.2 Å². The number of piperazine rings is 1. The van der Waals surface area contributed by atoms with Crippen LogP contribution in [0.3, 0.4) is 0 Å². The van der Waals surface area contributed by atoms with Gasteiger partial charge < -0.3 is 20.1 Å². The number of aliphatic hydroxyl groups is 1. The fourth-order valence-electron chi connectivity index (χ4n) is 4.28. The molecular weight excluding hydrogens is 380 g/mol. The maximum atomic E-state index is 13.1. The molecule has 1 unspecified atom stereocenters. The number of carbonyl (C=O) groups excluding carboxylic acids is 2. The van der Waals surface area contributed by atoms with E-state index in [0.717, 1.165) is 19.3 Å². The molecule has 1 aromatic carbocycles. The van der Waals surface area contributed by atoms with Crippen LogP contribution in [-0.4, -0.2) is 53.8 Å². The summed E-state index contributed by atoms with van der Waals surface area (Å²) in [5, 5.41) is 15.0. The molecule has 1 amide bonds. The molecule has 1 atom stereocenters. The number of carbonyl (C=O) groups is 2. The van der Waals surface area contributed by atoms with Crippen LogP contribution in [0.2, 0.25) is 5.02 Å². The Morgan fingerprint density at radius 2 is 2.00 bits per heavy atom. The van der Waals surface area contributed by atoms with Gasteiger partial charge in [-0.3, -0.25) is 4.79 Å². The van der Waals surface area contributed by atoms with Gasteiger partial charge in [0.1, 0.15) is 5.92 Å². The Morgan fingerprint density at radius 1 is 1.32 bits per heavy atom. The van der Waals surface area contributed by atoms with Gasteiger partial charge in [-0.1, -0.05) is 37.1 Å². The highest BCUT2D eigenvalue weighted by molar-refractivity contribution is 6.30. The quantitative estimate of drug-likeness (QED) is 0.590. The lowest BCUT2D eigenvalue weighted by molar-refractivity contribution is -0.149. The summed E-state index contributed by atoms with van der Waals surface area (Å²) in [7, 11) is 0. The number of nitrogens with zero attached hydrogens (tertiary/aromatic N) is 1. The van der Waals surface area contributed by atoms with Crippen molar-refractivity contribution in [2.45, 2.75) is 50.5 Å². The van der Waals surface area contributed by atoms with Crippen LogP contribution in [0, 0.1) is 5.92 Å². The first-order valence-electron chi connectivity index (χ1n) is 10.1. The lowest BCUT2D eigenvalue weighted by Gasteiger charge is -2.40. The van der Waals surface area contributed by atoms with Crippen LogP contribution in [0.5, 0.6) is 0 Å². The number of rotatable bonds is 4. The molecular formula is C21H29ClN2O4. The van der Waals surface area contributed by atoms with E-state index in [1.54, 1.807) is 24.3 Å². The molecule has 1 saturated carbocycles. The van der Waals surface area contributed by atoms with E-state index in [0.29, 0.717) is 55.5 Å². The first kappa shape index (κ1) is 21.1. The molecule has 3 rings (SSSR count). The maximum Gasteiger partial charge on any atom is 0.417 e. The van der Waals surface area contributed by atoms with Gasteiger partial charge in [0.25, 0.3) is 0 Å². The van der Waals surface area contributed by atoms with Gasteiger partial charge in [-0.05, 0) is 49.3 Å². The molecule has 28 heavy (non-hydrogen) atoms. The molecule has 0 bridgehead atoms. The normalized spacial score (nSPS) is 26.5. The van der Waals surface area contributed by atoms with Crippen LogP contribution in [-0.2, 0) is 9.53 Å². The van der Waals surface area contributed by atoms with Crippen LogP contribution in [0.15, 0.2) is 24.3 Å². The monoisotopic (exact) mass is 408 g/mol. The van der Waals surface area contributed by atoms with Gasteiger partial charge in [-0.25, -0.2) is 4.79 Å². The molecule has 1 saturated heterocycles. The molecule has 1 heterocycles. The smallest absolute Gasteiger partial charge is 0.389 e. The Hall–Kier alpha value is -1.63. The van der Waals surface area contributed by atoms with Crippen LogP contribution >= 0.6 is 11.6 Å². The zero-order chi connectivity index (χ0) is 20.1. The Balaban J connectivity index is 1.81. The summed E-state index contributed by atoms with van der Waals surface area (Å²) in [4.78, 5) is 27.0. The van der Waals surface area contributed by atoms with Crippen molar-refractivity contribution in [2.75, 3.05) is 26.2 Å². The average molecular weight is 409 g/mol. The van der Waals surface area contributed by atoms with Gasteiger partial charge in [0.05, 0.1) is 5.60 Å². The summed E-state index contributed by atoms with van der Waals surface area (Å²) >= 11 is 6.14. The second-order valence-corrected chi connectivity index (χ2v) is 8.30. The second kappa shape index (κ2) is 9.25. The van der Waals surface area contributed by atoms with Gasteiger partial charge in [0, 0.05) is 31.2 Å². The Kier molecular flexibility index (Phi) is 6.96. The fourth-order valence-corrected chi connectivity index (χ4v) is 4.48. The van der Waals surface area contributed by atoms with E-state index in [4.69, 9.17) is 16.3 Å². The standard InChI is InChI=1S/C21H29ClN2O4/c1-2-15-6-8-21(27,9-7-15)18(16-4-3-5-17(22)14-16)19(25)28-20(26)24-12-10-23-11-13-24/h3-5,14-15,18,23,27H,2,6-13H2,1H3. The Morgan fingerprint density at radius 3 is 2.61 bits per heavy atom. The SMILES string of the molecule is CCC1CCC(O)(C(C(=O)OC(=O)N2CCNCC2)c2cccc(Cl)c2)CC1. The molecule has 154 valence electrons. The Bertz CT molecular complexity index is 697. The molecule has 7 heteroatoms. The lowest BCUT2D eigenvalue weighted by atomic mass is 9.69. The van der Waals surface area contributed by atoms with Crippen LogP contribution in [0.4, 0.5) is 4.79 Å². The molecule has 0 spiro atoms. The van der Waals surface area contributed by atoms with Gasteiger partial charge in [-0.15, -0.1) is 0 Å². The number of halogens is 1. The van der Waals surface area contributed by atoms with E-state index in [2.05, 4.69) is 12.2 Å². The zero-order valence-electron chi connectivity index (χ0n) is 16.3. The van der Waals surface area contributed by atoms with Crippen molar-refractivity contribution < 1.29 is 19.4 Å². The van der Waals surface area contributed by atoms with Gasteiger partial charge in [0.2, 0.25) is 0 Å². The van der Waals surface area contributed by atoms with Crippen LogP contribution in [0.25, 0.3) is 0 Å². The minimum atomic E-state index is -1.24. The maximum absolute atomic E-state index is 13.1. The predicted molar refractivity (Wildman–Crippen MR) is 107 cm³/mol. The third kappa shape index (κ3) is 4.85. The number of nitrogens with one attached hydrogen (secondary N) is 1. The number of ether oxygens (including phenoxy) is 1. The topological polar surface area (TPSA) is 78.9 Å². The predicted octanol–water partition coefficient (Wildman–Crippen LogP) is 3.32. The Labute approximate surface area is 171 Å². The number of hydrogen-bond donors (Lipinski definition) is 2. The van der Waals surface area contributed by atoms with Crippen molar-refractivity contribution in [3.8, 4) is 0 Å². The van der Waals surface area contributed by atoms with E-state index >= 15 is 0 Å². The third-order valence-corrected chi connectivity index (χ3v) is 6.30. The number of amides is 1. The highest BCUT2D eigenvalue weighted by Gasteiger charge is 2.46. The van der Waals surface area contributed by atoms with E-state index < -0.39 is 23.6 Å². The molecule has 6 nitrogen and oxygen atoms in total. The molecule has 1 aliphatic heterocycles. The third-order valence-electron chi connectivity index (χ3n) is 6.07. The molecule has 2 N–H and O–H groups in total. The second-order valence-electron chi connectivity index (χ2n) is 7.87. The van der Waals surface area contributed by atoms with E-state index in [-0.39, 0.29) is 0 Å². The van der Waals surface area contributed by atoms with Gasteiger partial charge in [0.15, 0.2) is 0 Å². The van der Waals surface area contributed by atoms with Crippen LogP contribution in [0.1, 0.15) is 50.5 Å². The van der Waals surface area contributed by atoms with Crippen molar-refractivity contribution >= 4 is 23.7 Å². The minimum absolute atomic E-state index is 0.481. The molecule has 0 aromatic heterocycles. The molecule has 2 fully saturated rings. The largest absolute Gasteiger partial charge is 0.417 e. The van der Waals surface area contributed by atoms with Crippen molar-refractivity contribution in [3.63, 3.8) is 0 Å². The number of esters is 1. The number of hydrogen-bond acceptors (Lipinski definition) is 5. The summed E-state index contributed by atoms with van der Waals surface area (Å²) in [6.07, 6.45) is 3.11. The highest BCUT2D eigenvalue weighted by Crippen LogP contribution is 2.43. The van der Waals surface area contributed by atoms with E-state index in [9.17, 15) is 14.7 Å². The van der Waals surface area contributed by atoms with Crippen molar-refractivity contribution in [2.24, 2.45) is 5.92 Å². The molecule has 0 radical (unpaired) electrons. The van der Waals surface area contributed by atoms with Crippen molar-refractivity contribution in [3.05, 3.63) is 34.9 Å². The summed E-state index contributed by atoms with van der Waals surface area (Å²) in [6, 6.07) is 6.90. The summed E-state index contributed by atoms with van der Waals surface area (Å²) < 4.78 is 5.24. The average Bonchev–Trinajstić information content (AvgIpc) is 2.69. The zero-order valence-corrected chi connectivity index (χ0v) is 17.1. The lowest BCUT2D eigenvalue weighted by Crippen LogP contribution is -2.49. The summed E-state index contributed by atoms with van der Waals surface area (Å²) in [6.45, 7) is 4.48. The molecule has 1 aromatic rings. The molecule has 1 aliphatic carbocycles. The molecule has 2 aliphatic rings. The first-order chi connectivity index (χ1) is 13.4. The highest BCUT2D eigenvalue weighted by atomic mass is 35.5. The van der Waals surface area contributed by atoms with E-state index in [1.165, 1.54) is 4.90 Å². The number of benzene rings is 1. The van der Waals surface area contributed by atoms with Gasteiger partial charge in [-0.2, -0.15) is 0 Å². The van der Waals surface area contributed by atoms with E-state index in [1.807, 2.05) is 0 Å². The summed E-state index contributed by atoms with van der Waals surface area (Å²) in [5.74, 6) is -1.09. The van der Waals surface area contributed by atoms with Crippen molar-refractivity contribution in [1.29, 1.82) is 0 Å². The van der Waals surface area contributed by atoms with Gasteiger partial charge >= 0.3 is 12.1 Å². The summed E-state index contributed by atoms with van der Waals surface area (Å²) in [5.41, 5.74) is -0.653. The first-order valence-corrected chi connectivity index (χ1v) is 10.5. The minimum Gasteiger partial charge on any atom is -0.389 e.